The molecule has 0 unspecified atom stereocenters. The monoisotopic (exact) mass is 468 g/mol. The smallest absolute Gasteiger partial charge is 0.268 e. The van der Waals surface area contributed by atoms with E-state index >= 15 is 0 Å². The minimum absolute atomic E-state index is 0.0242. The predicted molar refractivity (Wildman–Crippen MR) is 120 cm³/mol. The Balaban J connectivity index is 1.60. The van der Waals surface area contributed by atoms with Crippen LogP contribution in [0.3, 0.4) is 0 Å². The van der Waals surface area contributed by atoms with Crippen molar-refractivity contribution in [3.63, 3.8) is 0 Å². The van der Waals surface area contributed by atoms with Crippen LogP contribution in [0.2, 0.25) is 0 Å². The zero-order chi connectivity index (χ0) is 23.3. The number of hydrogen-bond donors (Lipinski definition) is 0. The van der Waals surface area contributed by atoms with Gasteiger partial charge < -0.3 is 9.80 Å². The molecule has 8 heteroatoms. The number of thioether (sulfide) groups is 1. The molecule has 0 aliphatic carbocycles. The molecule has 0 radical (unpaired) electrons. The molecule has 0 bridgehead atoms. The lowest BCUT2D eigenvalue weighted by atomic mass is 10.0. The van der Waals surface area contributed by atoms with Crippen LogP contribution in [0.1, 0.15) is 27.0 Å². The van der Waals surface area contributed by atoms with Gasteiger partial charge in [0.2, 0.25) is 0 Å². The van der Waals surface area contributed by atoms with Gasteiger partial charge in [0.15, 0.2) is 16.5 Å². The highest BCUT2D eigenvalue weighted by Crippen LogP contribution is 2.55. The van der Waals surface area contributed by atoms with Gasteiger partial charge in [-0.15, -0.1) is 11.8 Å². The highest BCUT2D eigenvalue weighted by Gasteiger charge is 2.59. The molecule has 1 spiro atoms. The van der Waals surface area contributed by atoms with Gasteiger partial charge in [0.05, 0.1) is 12.2 Å². The molecule has 5 rings (SSSR count). The predicted octanol–water partition coefficient (Wildman–Crippen LogP) is 5.00. The Bertz CT molecular complexity index is 1300. The van der Waals surface area contributed by atoms with Crippen LogP contribution in [0.4, 0.5) is 18.9 Å². The second-order valence-electron chi connectivity index (χ2n) is 8.12. The Labute approximate surface area is 193 Å². The molecular formula is C25H19F3N2O2S. The Hall–Kier alpha value is -3.26. The first kappa shape index (κ1) is 21.6. The topological polar surface area (TPSA) is 40.6 Å². The first-order valence-electron chi connectivity index (χ1n) is 10.4. The maximum Gasteiger partial charge on any atom is 0.268 e. The van der Waals surface area contributed by atoms with Gasteiger partial charge in [0.25, 0.3) is 11.8 Å². The molecule has 3 aromatic carbocycles. The zero-order valence-corrected chi connectivity index (χ0v) is 18.5. The lowest BCUT2D eigenvalue weighted by Crippen LogP contribution is -2.50. The van der Waals surface area contributed by atoms with E-state index in [1.807, 2.05) is 19.1 Å². The average Bonchev–Trinajstić information content (AvgIpc) is 3.33. The van der Waals surface area contributed by atoms with Crippen LogP contribution in [0.15, 0.2) is 60.7 Å². The normalized spacial score (nSPS) is 19.5. The van der Waals surface area contributed by atoms with Gasteiger partial charge in [-0.2, -0.15) is 0 Å². The molecule has 2 amide bonds. The van der Waals surface area contributed by atoms with E-state index in [4.69, 9.17) is 0 Å². The first-order chi connectivity index (χ1) is 15.8. The molecular weight excluding hydrogens is 449 g/mol. The Morgan fingerprint density at radius 1 is 1.03 bits per heavy atom. The number of hydrogen-bond acceptors (Lipinski definition) is 3. The van der Waals surface area contributed by atoms with E-state index in [9.17, 15) is 22.8 Å². The number of anilines is 1. The number of aryl methyl sites for hydroxylation is 1. The fraction of sp³-hybridized carbons (Fsp3) is 0.200. The standard InChI is InChI=1S/C25H19F3N2O2S/c1-15-5-8-22-19(11-15)25(24(32)29(22)14-16-6-7-20(27)21(28)12-16)30(9-10-33-25)23(31)17-3-2-4-18(26)13-17/h2-8,11-13H,9-10,14H2,1H3/t25-/m0/s1. The number of carbonyl (C=O) groups excluding carboxylic acids is 2. The molecule has 0 N–H and O–H groups in total. The quantitative estimate of drug-likeness (QED) is 0.543. The van der Waals surface area contributed by atoms with Crippen LogP contribution in [0, 0.1) is 24.4 Å². The zero-order valence-electron chi connectivity index (χ0n) is 17.6. The molecule has 2 aliphatic rings. The Morgan fingerprint density at radius 3 is 2.61 bits per heavy atom. The molecule has 0 aromatic heterocycles. The van der Waals surface area contributed by atoms with Crippen LogP contribution >= 0.6 is 11.8 Å². The number of nitrogens with zero attached hydrogens (tertiary/aromatic N) is 2. The summed E-state index contributed by atoms with van der Waals surface area (Å²) in [5.41, 5.74) is 2.79. The molecule has 0 saturated carbocycles. The third-order valence-corrected chi connectivity index (χ3v) is 7.41. The van der Waals surface area contributed by atoms with Crippen LogP contribution in [-0.2, 0) is 16.2 Å². The van der Waals surface area contributed by atoms with Crippen molar-refractivity contribution in [2.45, 2.75) is 18.3 Å². The third-order valence-electron chi connectivity index (χ3n) is 5.99. The van der Waals surface area contributed by atoms with Crippen molar-refractivity contribution in [1.82, 2.24) is 4.90 Å². The largest absolute Gasteiger partial charge is 0.311 e. The molecule has 4 nitrogen and oxygen atoms in total. The van der Waals surface area contributed by atoms with E-state index in [0.29, 0.717) is 29.1 Å². The van der Waals surface area contributed by atoms with E-state index in [2.05, 4.69) is 0 Å². The van der Waals surface area contributed by atoms with E-state index < -0.39 is 28.2 Å². The van der Waals surface area contributed by atoms with Gasteiger partial charge in [-0.1, -0.05) is 29.8 Å². The maximum atomic E-state index is 13.9. The summed E-state index contributed by atoms with van der Waals surface area (Å²) >= 11 is 1.35. The molecule has 33 heavy (non-hydrogen) atoms. The van der Waals surface area contributed by atoms with Crippen molar-refractivity contribution < 1.29 is 22.8 Å². The van der Waals surface area contributed by atoms with Gasteiger partial charge in [0, 0.05) is 23.4 Å². The maximum absolute atomic E-state index is 13.9. The lowest BCUT2D eigenvalue weighted by molar-refractivity contribution is -0.123. The minimum Gasteiger partial charge on any atom is -0.311 e. The number of benzene rings is 3. The van der Waals surface area contributed by atoms with Crippen molar-refractivity contribution in [3.8, 4) is 0 Å². The van der Waals surface area contributed by atoms with E-state index in [-0.39, 0.29) is 18.0 Å². The van der Waals surface area contributed by atoms with E-state index in [0.717, 1.165) is 23.8 Å². The van der Waals surface area contributed by atoms with Gasteiger partial charge in [-0.05, 0) is 48.9 Å². The summed E-state index contributed by atoms with van der Waals surface area (Å²) in [6.45, 7) is 2.24. The summed E-state index contributed by atoms with van der Waals surface area (Å²) in [5.74, 6) is -2.72. The highest BCUT2D eigenvalue weighted by molar-refractivity contribution is 8.01. The number of carbonyl (C=O) groups is 2. The fourth-order valence-electron chi connectivity index (χ4n) is 4.48. The van der Waals surface area contributed by atoms with Crippen LogP contribution in [-0.4, -0.2) is 29.0 Å². The van der Waals surface area contributed by atoms with Gasteiger partial charge in [0.1, 0.15) is 5.82 Å². The average molecular weight is 469 g/mol. The van der Waals surface area contributed by atoms with Crippen molar-refractivity contribution in [1.29, 1.82) is 0 Å². The summed E-state index contributed by atoms with van der Waals surface area (Å²) < 4.78 is 41.0. The molecule has 2 heterocycles. The number of fused-ring (bicyclic) bond motifs is 2. The minimum atomic E-state index is -1.30. The Kier molecular flexibility index (Phi) is 5.20. The van der Waals surface area contributed by atoms with E-state index in [1.54, 1.807) is 6.07 Å². The third kappa shape index (κ3) is 3.40. The summed E-state index contributed by atoms with van der Waals surface area (Å²) in [7, 11) is 0. The number of amides is 2. The highest BCUT2D eigenvalue weighted by atomic mass is 32.2. The van der Waals surface area contributed by atoms with Crippen molar-refractivity contribution in [2.75, 3.05) is 17.2 Å². The van der Waals surface area contributed by atoms with E-state index in [1.165, 1.54) is 45.8 Å². The molecule has 3 aromatic rings. The molecule has 1 atom stereocenters. The lowest BCUT2D eigenvalue weighted by Gasteiger charge is -2.33. The van der Waals surface area contributed by atoms with Crippen molar-refractivity contribution in [3.05, 3.63) is 100 Å². The Morgan fingerprint density at radius 2 is 1.85 bits per heavy atom. The molecule has 2 aliphatic heterocycles. The summed E-state index contributed by atoms with van der Waals surface area (Å²) in [4.78, 5) is 29.1. The molecule has 1 fully saturated rings. The summed E-state index contributed by atoms with van der Waals surface area (Å²) in [5, 5.41) is 0. The SMILES string of the molecule is Cc1ccc2c(c1)[C@]1(SCCN1C(=O)c1cccc(F)c1)C(=O)N2Cc1ccc(F)c(F)c1. The van der Waals surface area contributed by atoms with Crippen LogP contribution in [0.5, 0.6) is 0 Å². The van der Waals surface area contributed by atoms with Crippen LogP contribution < -0.4 is 4.90 Å². The number of rotatable bonds is 3. The second kappa shape index (κ2) is 7.95. The summed E-state index contributed by atoms with van der Waals surface area (Å²) in [6.07, 6.45) is 0. The van der Waals surface area contributed by atoms with Gasteiger partial charge >= 0.3 is 0 Å². The molecule has 1 saturated heterocycles. The fourth-order valence-corrected chi connectivity index (χ4v) is 5.94. The van der Waals surface area contributed by atoms with Crippen molar-refractivity contribution in [2.24, 2.45) is 0 Å². The van der Waals surface area contributed by atoms with Crippen molar-refractivity contribution >= 4 is 29.3 Å². The van der Waals surface area contributed by atoms with Gasteiger partial charge in [-0.3, -0.25) is 9.59 Å². The van der Waals surface area contributed by atoms with Crippen LogP contribution in [0.25, 0.3) is 0 Å². The summed E-state index contributed by atoms with van der Waals surface area (Å²) in [6, 6.07) is 14.5. The van der Waals surface area contributed by atoms with Gasteiger partial charge in [-0.25, -0.2) is 13.2 Å². The molecule has 168 valence electrons. The number of halogens is 3. The first-order valence-corrected chi connectivity index (χ1v) is 11.4. The second-order valence-corrected chi connectivity index (χ2v) is 9.41.